The lowest BCUT2D eigenvalue weighted by atomic mass is 10.1. The maximum Gasteiger partial charge on any atom is 0.416 e. The largest absolute Gasteiger partial charge is 0.416 e. The highest BCUT2D eigenvalue weighted by atomic mass is 32.2. The molecule has 0 unspecified atom stereocenters. The number of rotatable bonds is 6. The van der Waals surface area contributed by atoms with Gasteiger partial charge in [-0.25, -0.2) is 12.8 Å². The van der Waals surface area contributed by atoms with Gasteiger partial charge in [0.1, 0.15) is 5.82 Å². The van der Waals surface area contributed by atoms with Gasteiger partial charge in [0.2, 0.25) is 10.0 Å². The van der Waals surface area contributed by atoms with Crippen LogP contribution in [0.5, 0.6) is 0 Å². The lowest BCUT2D eigenvalue weighted by Crippen LogP contribution is -2.40. The van der Waals surface area contributed by atoms with Gasteiger partial charge in [-0.15, -0.1) is 0 Å². The molecule has 11 heteroatoms. The monoisotopic (exact) mass is 460 g/mol. The van der Waals surface area contributed by atoms with Gasteiger partial charge in [-0.3, -0.25) is 4.79 Å². The van der Waals surface area contributed by atoms with Crippen molar-refractivity contribution in [1.29, 1.82) is 0 Å². The van der Waals surface area contributed by atoms with Crippen LogP contribution in [0, 0.1) is 5.82 Å². The summed E-state index contributed by atoms with van der Waals surface area (Å²) in [6, 6.07) is 7.47. The third kappa shape index (κ3) is 5.60. The van der Waals surface area contributed by atoms with E-state index < -0.39 is 39.1 Å². The number of alkyl halides is 3. The fraction of sp³-hybridized carbons (Fsp3) is 0.350. The minimum atomic E-state index is -4.43. The number of hydrogen-bond acceptors (Lipinski definition) is 4. The maximum atomic E-state index is 14.2. The van der Waals surface area contributed by atoms with Crippen LogP contribution in [0.25, 0.3) is 0 Å². The minimum Gasteiger partial charge on any atom is -0.379 e. The van der Waals surface area contributed by atoms with Gasteiger partial charge >= 0.3 is 6.18 Å². The highest BCUT2D eigenvalue weighted by Crippen LogP contribution is 2.29. The maximum absolute atomic E-state index is 14.2. The summed E-state index contributed by atoms with van der Waals surface area (Å²) in [4.78, 5) is 12.2. The Morgan fingerprint density at radius 2 is 1.71 bits per heavy atom. The summed E-state index contributed by atoms with van der Waals surface area (Å²) in [7, 11) is -3.90. The second kappa shape index (κ2) is 9.33. The zero-order chi connectivity index (χ0) is 22.6. The molecule has 2 aromatic rings. The zero-order valence-electron chi connectivity index (χ0n) is 16.3. The van der Waals surface area contributed by atoms with Crippen LogP contribution < -0.4 is 5.32 Å². The molecule has 0 atom stereocenters. The van der Waals surface area contributed by atoms with Gasteiger partial charge in [0.05, 0.1) is 29.2 Å². The first-order valence-corrected chi connectivity index (χ1v) is 10.8. The SMILES string of the molecule is O=C(NCCc1ccc(C(F)(F)F)cc1)c1cc(S(=O)(=O)N2CCOCC2)ccc1F. The Hall–Kier alpha value is -2.50. The summed E-state index contributed by atoms with van der Waals surface area (Å²) in [5.41, 5.74) is -0.653. The van der Waals surface area contributed by atoms with Crippen molar-refractivity contribution in [2.45, 2.75) is 17.5 Å². The second-order valence-electron chi connectivity index (χ2n) is 6.86. The molecule has 1 aliphatic heterocycles. The van der Waals surface area contributed by atoms with Crippen LogP contribution in [0.15, 0.2) is 47.4 Å². The van der Waals surface area contributed by atoms with Gasteiger partial charge in [0, 0.05) is 19.6 Å². The molecule has 0 spiro atoms. The predicted octanol–water partition coefficient (Wildman–Crippen LogP) is 2.84. The van der Waals surface area contributed by atoms with Crippen LogP contribution in [-0.4, -0.2) is 51.5 Å². The van der Waals surface area contributed by atoms with E-state index in [1.807, 2.05) is 0 Å². The lowest BCUT2D eigenvalue weighted by molar-refractivity contribution is -0.137. The number of morpholine rings is 1. The third-order valence-corrected chi connectivity index (χ3v) is 6.67. The predicted molar refractivity (Wildman–Crippen MR) is 103 cm³/mol. The Balaban J connectivity index is 1.65. The van der Waals surface area contributed by atoms with Crippen LogP contribution in [0.1, 0.15) is 21.5 Å². The van der Waals surface area contributed by atoms with E-state index in [1.54, 1.807) is 0 Å². The molecule has 3 rings (SSSR count). The van der Waals surface area contributed by atoms with Crippen molar-refractivity contribution in [1.82, 2.24) is 9.62 Å². The molecule has 31 heavy (non-hydrogen) atoms. The van der Waals surface area contributed by atoms with Crippen LogP contribution in [0.4, 0.5) is 17.6 Å². The van der Waals surface area contributed by atoms with E-state index in [0.29, 0.717) is 5.56 Å². The van der Waals surface area contributed by atoms with Crippen molar-refractivity contribution in [3.05, 3.63) is 65.0 Å². The van der Waals surface area contributed by atoms with Gasteiger partial charge in [0.15, 0.2) is 0 Å². The van der Waals surface area contributed by atoms with E-state index in [0.717, 1.165) is 30.3 Å². The summed E-state index contributed by atoms with van der Waals surface area (Å²) in [5, 5.41) is 2.46. The molecule has 0 bridgehead atoms. The molecule has 1 heterocycles. The smallest absolute Gasteiger partial charge is 0.379 e. The Labute approximate surface area is 176 Å². The van der Waals surface area contributed by atoms with Crippen molar-refractivity contribution in [3.8, 4) is 0 Å². The number of amides is 1. The summed E-state index contributed by atoms with van der Waals surface area (Å²) >= 11 is 0. The molecular weight excluding hydrogens is 440 g/mol. The molecule has 1 N–H and O–H groups in total. The summed E-state index contributed by atoms with van der Waals surface area (Å²) in [6.45, 7) is 0.849. The first-order chi connectivity index (χ1) is 14.6. The number of carbonyl (C=O) groups excluding carboxylic acids is 1. The highest BCUT2D eigenvalue weighted by molar-refractivity contribution is 7.89. The van der Waals surface area contributed by atoms with E-state index >= 15 is 0 Å². The Morgan fingerprint density at radius 3 is 2.32 bits per heavy atom. The molecule has 0 saturated carbocycles. The average Bonchev–Trinajstić information content (AvgIpc) is 2.74. The summed E-state index contributed by atoms with van der Waals surface area (Å²) < 4.78 is 83.7. The fourth-order valence-electron chi connectivity index (χ4n) is 3.05. The van der Waals surface area contributed by atoms with Crippen LogP contribution in [-0.2, 0) is 27.4 Å². The van der Waals surface area contributed by atoms with Crippen LogP contribution >= 0.6 is 0 Å². The number of hydrogen-bond donors (Lipinski definition) is 1. The first kappa shape index (κ1) is 23.2. The molecule has 1 aliphatic rings. The molecule has 0 aliphatic carbocycles. The van der Waals surface area contributed by atoms with Crippen LogP contribution in [0.3, 0.4) is 0 Å². The van der Waals surface area contributed by atoms with E-state index in [9.17, 15) is 30.8 Å². The van der Waals surface area contributed by atoms with E-state index in [4.69, 9.17) is 4.74 Å². The summed E-state index contributed by atoms with van der Waals surface area (Å²) in [5.74, 6) is -1.70. The second-order valence-corrected chi connectivity index (χ2v) is 8.80. The molecule has 0 aromatic heterocycles. The van der Waals surface area contributed by atoms with Gasteiger partial charge in [0.25, 0.3) is 5.91 Å². The molecule has 1 amide bonds. The van der Waals surface area contributed by atoms with Crippen molar-refractivity contribution in [2.24, 2.45) is 0 Å². The number of carbonyl (C=O) groups is 1. The number of ether oxygens (including phenoxy) is 1. The van der Waals surface area contributed by atoms with Crippen molar-refractivity contribution in [2.75, 3.05) is 32.8 Å². The normalized spacial score (nSPS) is 15.6. The zero-order valence-corrected chi connectivity index (χ0v) is 17.1. The molecule has 6 nitrogen and oxygen atoms in total. The Bertz CT molecular complexity index is 1030. The molecule has 0 radical (unpaired) electrons. The van der Waals surface area contributed by atoms with E-state index in [1.165, 1.54) is 16.4 Å². The van der Waals surface area contributed by atoms with Gasteiger partial charge < -0.3 is 10.1 Å². The topological polar surface area (TPSA) is 75.7 Å². The van der Waals surface area contributed by atoms with Gasteiger partial charge in [-0.1, -0.05) is 12.1 Å². The summed E-state index contributed by atoms with van der Waals surface area (Å²) in [6.07, 6.45) is -4.21. The van der Waals surface area contributed by atoms with E-state index in [2.05, 4.69) is 5.32 Å². The number of nitrogens with one attached hydrogen (secondary N) is 1. The molecule has 168 valence electrons. The van der Waals surface area contributed by atoms with Crippen molar-refractivity contribution in [3.63, 3.8) is 0 Å². The van der Waals surface area contributed by atoms with Crippen molar-refractivity contribution < 1.29 is 35.5 Å². The van der Waals surface area contributed by atoms with Gasteiger partial charge in [-0.05, 0) is 42.3 Å². The number of benzene rings is 2. The third-order valence-electron chi connectivity index (χ3n) is 4.77. The Kier molecular flexibility index (Phi) is 6.97. The van der Waals surface area contributed by atoms with Crippen LogP contribution in [0.2, 0.25) is 0 Å². The quantitative estimate of drug-likeness (QED) is 0.673. The first-order valence-electron chi connectivity index (χ1n) is 9.41. The fourth-order valence-corrected chi connectivity index (χ4v) is 4.49. The molecule has 2 aromatic carbocycles. The average molecular weight is 460 g/mol. The molecular formula is C20H20F4N2O4S. The molecule has 1 fully saturated rings. The number of nitrogens with zero attached hydrogens (tertiary/aromatic N) is 1. The van der Waals surface area contributed by atoms with E-state index in [-0.39, 0.29) is 44.2 Å². The Morgan fingerprint density at radius 1 is 1.06 bits per heavy atom. The lowest BCUT2D eigenvalue weighted by Gasteiger charge is -2.26. The highest BCUT2D eigenvalue weighted by Gasteiger charge is 2.30. The number of halogens is 4. The standard InChI is InChI=1S/C20H20F4N2O4S/c21-18-6-5-16(31(28,29)26-9-11-30-12-10-26)13-17(18)19(27)25-8-7-14-1-3-15(4-2-14)20(22,23)24/h1-6,13H,7-12H2,(H,25,27). The molecule has 1 saturated heterocycles. The minimum absolute atomic E-state index is 0.0318. The number of sulfonamides is 1. The van der Waals surface area contributed by atoms with Gasteiger partial charge in [-0.2, -0.15) is 17.5 Å². The van der Waals surface area contributed by atoms with Crippen molar-refractivity contribution >= 4 is 15.9 Å².